The summed E-state index contributed by atoms with van der Waals surface area (Å²) in [6.45, 7) is 2.03. The summed E-state index contributed by atoms with van der Waals surface area (Å²) in [6.07, 6.45) is 0. The molecule has 0 aliphatic rings. The molecule has 2 aromatic carbocycles. The molecular weight excluding hydrogens is 279 g/mol. The van der Waals surface area contributed by atoms with Gasteiger partial charge in [0.1, 0.15) is 5.82 Å². The number of hydrogen-bond donors (Lipinski definition) is 0. The smallest absolute Gasteiger partial charge is 0.138 e. The summed E-state index contributed by atoms with van der Waals surface area (Å²) in [6, 6.07) is 12.8. The average Bonchev–Trinajstić information content (AvgIpc) is 2.33. The third kappa shape index (κ3) is 3.18. The molecule has 0 nitrogen and oxygen atoms in total. The second-order valence-corrected chi connectivity index (χ2v) is 4.60. The first-order valence-corrected chi connectivity index (χ1v) is 5.98. The molecule has 0 aromatic heterocycles. The Morgan fingerprint density at radius 2 is 1.53 bits per heavy atom. The van der Waals surface area contributed by atoms with Gasteiger partial charge >= 0.3 is 0 Å². The topological polar surface area (TPSA) is 0 Å². The van der Waals surface area contributed by atoms with E-state index in [4.69, 9.17) is 0 Å². The predicted octanol–water partition coefficient (Wildman–Crippen LogP) is 4.30. The van der Waals surface area contributed by atoms with E-state index in [-0.39, 0.29) is 5.82 Å². The van der Waals surface area contributed by atoms with Crippen LogP contribution in [0.5, 0.6) is 0 Å². The molecule has 2 rings (SSSR count). The minimum absolute atomic E-state index is 0.291. The van der Waals surface area contributed by atoms with Gasteiger partial charge in [0, 0.05) is 11.1 Å². The van der Waals surface area contributed by atoms with Gasteiger partial charge in [0.05, 0.1) is 4.47 Å². The molecule has 0 bridgehead atoms. The highest BCUT2D eigenvalue weighted by Gasteiger charge is 1.97. The summed E-state index contributed by atoms with van der Waals surface area (Å²) < 4.78 is 13.7. The molecule has 2 heteroatoms. The highest BCUT2D eigenvalue weighted by molar-refractivity contribution is 9.10. The SMILES string of the molecule is Cc1ccc(C#Cc2ccc(Br)c(F)c2)cc1. The maximum absolute atomic E-state index is 13.2. The lowest BCUT2D eigenvalue weighted by atomic mass is 10.1. The van der Waals surface area contributed by atoms with Crippen LogP contribution in [0.15, 0.2) is 46.9 Å². The molecule has 17 heavy (non-hydrogen) atoms. The van der Waals surface area contributed by atoms with Gasteiger partial charge in [0.25, 0.3) is 0 Å². The number of benzene rings is 2. The first-order valence-electron chi connectivity index (χ1n) is 5.19. The van der Waals surface area contributed by atoms with Crippen molar-refractivity contribution in [2.24, 2.45) is 0 Å². The summed E-state index contributed by atoms with van der Waals surface area (Å²) in [5.41, 5.74) is 2.80. The third-order valence-corrected chi connectivity index (χ3v) is 2.97. The standard InChI is InChI=1S/C15H10BrF/c1-11-2-4-12(5-3-11)6-7-13-8-9-14(16)15(17)10-13/h2-5,8-10H,1H3. The van der Waals surface area contributed by atoms with Gasteiger partial charge in [-0.2, -0.15) is 0 Å². The zero-order valence-electron chi connectivity index (χ0n) is 9.30. The van der Waals surface area contributed by atoms with Crippen LogP contribution in [0.4, 0.5) is 4.39 Å². The molecule has 0 saturated heterocycles. The molecule has 0 amide bonds. The van der Waals surface area contributed by atoms with E-state index in [0.717, 1.165) is 5.56 Å². The first-order chi connectivity index (χ1) is 8.15. The molecule has 0 heterocycles. The van der Waals surface area contributed by atoms with Crippen molar-refractivity contribution in [3.05, 3.63) is 69.4 Å². The fourth-order valence-corrected chi connectivity index (χ4v) is 1.60. The lowest BCUT2D eigenvalue weighted by Gasteiger charge is -1.95. The Hall–Kier alpha value is -1.59. The third-order valence-electron chi connectivity index (χ3n) is 2.32. The van der Waals surface area contributed by atoms with Gasteiger partial charge in [-0.25, -0.2) is 4.39 Å². The fraction of sp³-hybridized carbons (Fsp3) is 0.0667. The van der Waals surface area contributed by atoms with Crippen molar-refractivity contribution in [1.29, 1.82) is 0 Å². The predicted molar refractivity (Wildman–Crippen MR) is 71.3 cm³/mol. The van der Waals surface area contributed by atoms with Crippen LogP contribution < -0.4 is 0 Å². The Kier molecular flexibility index (Phi) is 3.61. The van der Waals surface area contributed by atoms with E-state index in [0.29, 0.717) is 10.0 Å². The minimum atomic E-state index is -0.291. The van der Waals surface area contributed by atoms with Crippen LogP contribution in [0.3, 0.4) is 0 Å². The maximum Gasteiger partial charge on any atom is 0.138 e. The van der Waals surface area contributed by atoms with Crippen molar-refractivity contribution in [2.45, 2.75) is 6.92 Å². The Labute approximate surface area is 109 Å². The minimum Gasteiger partial charge on any atom is -0.206 e. The van der Waals surface area contributed by atoms with E-state index < -0.39 is 0 Å². The molecule has 84 valence electrons. The van der Waals surface area contributed by atoms with E-state index in [1.807, 2.05) is 31.2 Å². The van der Waals surface area contributed by atoms with Gasteiger partial charge in [-0.1, -0.05) is 29.5 Å². The Bertz CT molecular complexity index is 589. The second kappa shape index (κ2) is 5.16. The van der Waals surface area contributed by atoms with Gasteiger partial charge in [0.2, 0.25) is 0 Å². The maximum atomic E-state index is 13.2. The molecule has 0 fully saturated rings. The molecule has 0 aliphatic heterocycles. The lowest BCUT2D eigenvalue weighted by Crippen LogP contribution is -1.81. The summed E-state index contributed by atoms with van der Waals surface area (Å²) >= 11 is 3.11. The quantitative estimate of drug-likeness (QED) is 0.634. The monoisotopic (exact) mass is 288 g/mol. The summed E-state index contributed by atoms with van der Waals surface area (Å²) in [7, 11) is 0. The molecule has 0 atom stereocenters. The van der Waals surface area contributed by atoms with Crippen LogP contribution in [0, 0.1) is 24.6 Å². The van der Waals surface area contributed by atoms with Crippen LogP contribution in [0.25, 0.3) is 0 Å². The van der Waals surface area contributed by atoms with Crippen molar-refractivity contribution in [3.63, 3.8) is 0 Å². The Morgan fingerprint density at radius 1 is 0.941 bits per heavy atom. The van der Waals surface area contributed by atoms with Crippen LogP contribution in [-0.4, -0.2) is 0 Å². The van der Waals surface area contributed by atoms with Gasteiger partial charge in [-0.15, -0.1) is 0 Å². The molecule has 0 unspecified atom stereocenters. The van der Waals surface area contributed by atoms with Crippen molar-refractivity contribution in [1.82, 2.24) is 0 Å². The zero-order valence-corrected chi connectivity index (χ0v) is 10.9. The second-order valence-electron chi connectivity index (χ2n) is 3.74. The molecule has 2 aromatic rings. The summed E-state index contributed by atoms with van der Waals surface area (Å²) in [4.78, 5) is 0. The molecule has 0 aliphatic carbocycles. The number of halogens is 2. The molecule has 0 N–H and O–H groups in total. The van der Waals surface area contributed by atoms with Crippen LogP contribution in [-0.2, 0) is 0 Å². The lowest BCUT2D eigenvalue weighted by molar-refractivity contribution is 0.621. The van der Waals surface area contributed by atoms with Crippen LogP contribution in [0.1, 0.15) is 16.7 Å². The zero-order chi connectivity index (χ0) is 12.3. The Morgan fingerprint density at radius 3 is 2.18 bits per heavy atom. The summed E-state index contributed by atoms with van der Waals surface area (Å²) in [5.74, 6) is 5.65. The largest absolute Gasteiger partial charge is 0.206 e. The van der Waals surface area contributed by atoms with E-state index in [1.54, 1.807) is 12.1 Å². The number of aryl methyl sites for hydroxylation is 1. The van der Waals surface area contributed by atoms with Crippen LogP contribution >= 0.6 is 15.9 Å². The normalized spacial score (nSPS) is 9.59. The first kappa shape index (κ1) is 11.9. The Balaban J connectivity index is 2.26. The molecular formula is C15H10BrF. The van der Waals surface area contributed by atoms with Gasteiger partial charge in [-0.05, 0) is 53.2 Å². The van der Waals surface area contributed by atoms with Gasteiger partial charge in [0.15, 0.2) is 0 Å². The number of hydrogen-bond acceptors (Lipinski definition) is 0. The molecule has 0 saturated carbocycles. The van der Waals surface area contributed by atoms with Crippen molar-refractivity contribution < 1.29 is 4.39 Å². The number of rotatable bonds is 0. The van der Waals surface area contributed by atoms with Crippen molar-refractivity contribution >= 4 is 15.9 Å². The van der Waals surface area contributed by atoms with Gasteiger partial charge in [-0.3, -0.25) is 0 Å². The molecule has 0 spiro atoms. The highest BCUT2D eigenvalue weighted by atomic mass is 79.9. The van der Waals surface area contributed by atoms with Crippen molar-refractivity contribution in [2.75, 3.05) is 0 Å². The average molecular weight is 289 g/mol. The van der Waals surface area contributed by atoms with E-state index in [9.17, 15) is 4.39 Å². The molecule has 0 radical (unpaired) electrons. The van der Waals surface area contributed by atoms with E-state index in [1.165, 1.54) is 11.6 Å². The van der Waals surface area contributed by atoms with E-state index in [2.05, 4.69) is 27.8 Å². The van der Waals surface area contributed by atoms with Crippen LogP contribution in [0.2, 0.25) is 0 Å². The van der Waals surface area contributed by atoms with Gasteiger partial charge < -0.3 is 0 Å². The highest BCUT2D eigenvalue weighted by Crippen LogP contribution is 2.15. The summed E-state index contributed by atoms with van der Waals surface area (Å²) in [5, 5.41) is 0. The fourth-order valence-electron chi connectivity index (χ4n) is 1.36. The van der Waals surface area contributed by atoms with E-state index >= 15 is 0 Å². The van der Waals surface area contributed by atoms with Crippen molar-refractivity contribution in [3.8, 4) is 11.8 Å².